The van der Waals surface area contributed by atoms with Crippen molar-refractivity contribution in [3.05, 3.63) is 126 Å². The van der Waals surface area contributed by atoms with Crippen LogP contribution in [0.5, 0.6) is 0 Å². The summed E-state index contributed by atoms with van der Waals surface area (Å²) in [4.78, 5) is 2.15. The summed E-state index contributed by atoms with van der Waals surface area (Å²) in [6.45, 7) is 0. The van der Waals surface area contributed by atoms with Gasteiger partial charge in [0.25, 0.3) is 0 Å². The van der Waals surface area contributed by atoms with Crippen LogP contribution >= 0.6 is 0 Å². The van der Waals surface area contributed by atoms with Crippen LogP contribution in [0.15, 0.2) is 115 Å². The summed E-state index contributed by atoms with van der Waals surface area (Å²) in [6, 6.07) is 37.9. The Bertz CT molecular complexity index is 1040. The molecule has 0 spiro atoms. The van der Waals surface area contributed by atoms with E-state index in [9.17, 15) is 5.21 Å². The van der Waals surface area contributed by atoms with E-state index in [0.29, 0.717) is 5.69 Å². The fourth-order valence-corrected chi connectivity index (χ4v) is 4.17. The second kappa shape index (κ2) is 6.55. The van der Waals surface area contributed by atoms with Crippen molar-refractivity contribution >= 4 is 17.1 Å². The quantitative estimate of drug-likeness (QED) is 0.453. The second-order valence-corrected chi connectivity index (χ2v) is 6.86. The molecule has 0 unspecified atom stereocenters. The van der Waals surface area contributed by atoms with Gasteiger partial charge in [-0.1, -0.05) is 96.2 Å². The Kier molecular flexibility index (Phi) is 3.89. The van der Waals surface area contributed by atoms with Crippen molar-refractivity contribution in [2.45, 2.75) is 5.66 Å². The first kappa shape index (κ1) is 16.6. The molecule has 1 heterocycles. The standard InChI is InChI=1S/C25H19N2O/c28-27-24-19-11-10-18-23(24)26(22-16-8-3-9-17-22)25(27,20-12-4-1-5-13-20)21-14-6-2-7-15-21/h1-19H. The highest BCUT2D eigenvalue weighted by Crippen LogP contribution is 2.55. The van der Waals surface area contributed by atoms with Crippen LogP contribution in [0.25, 0.3) is 0 Å². The Morgan fingerprint density at radius 3 is 1.46 bits per heavy atom. The molecule has 4 aromatic rings. The molecule has 0 amide bonds. The van der Waals surface area contributed by atoms with Gasteiger partial charge in [0.2, 0.25) is 0 Å². The Morgan fingerprint density at radius 2 is 0.929 bits per heavy atom. The zero-order valence-corrected chi connectivity index (χ0v) is 15.3. The van der Waals surface area contributed by atoms with E-state index in [0.717, 1.165) is 27.6 Å². The highest BCUT2D eigenvalue weighted by atomic mass is 16.5. The van der Waals surface area contributed by atoms with Gasteiger partial charge >= 0.3 is 0 Å². The molecule has 3 nitrogen and oxygen atoms in total. The lowest BCUT2D eigenvalue weighted by atomic mass is 9.89. The Morgan fingerprint density at radius 1 is 0.500 bits per heavy atom. The predicted molar refractivity (Wildman–Crippen MR) is 112 cm³/mol. The van der Waals surface area contributed by atoms with Crippen LogP contribution in [0.2, 0.25) is 0 Å². The van der Waals surface area contributed by atoms with Gasteiger partial charge in [-0.25, -0.2) is 0 Å². The number of hydroxylamine groups is 1. The van der Waals surface area contributed by atoms with Crippen molar-refractivity contribution < 1.29 is 5.21 Å². The number of nitrogens with zero attached hydrogens (tertiary/aromatic N) is 2. The lowest BCUT2D eigenvalue weighted by Gasteiger charge is -2.42. The lowest BCUT2D eigenvalue weighted by molar-refractivity contribution is 0.106. The van der Waals surface area contributed by atoms with Gasteiger partial charge in [0, 0.05) is 16.8 Å². The van der Waals surface area contributed by atoms with Crippen molar-refractivity contribution in [2.75, 3.05) is 9.96 Å². The van der Waals surface area contributed by atoms with Crippen LogP contribution in [-0.2, 0) is 10.9 Å². The number of benzene rings is 4. The number of rotatable bonds is 3. The van der Waals surface area contributed by atoms with Gasteiger partial charge in [0.15, 0.2) is 5.66 Å². The molecule has 1 radical (unpaired) electrons. The third kappa shape index (κ3) is 2.27. The topological polar surface area (TPSA) is 26.4 Å². The predicted octanol–water partition coefficient (Wildman–Crippen LogP) is 5.89. The van der Waals surface area contributed by atoms with Gasteiger partial charge in [-0.05, 0) is 24.3 Å². The molecule has 3 heteroatoms. The zero-order chi connectivity index (χ0) is 19.0. The van der Waals surface area contributed by atoms with E-state index in [1.165, 1.54) is 0 Å². The van der Waals surface area contributed by atoms with Crippen molar-refractivity contribution in [1.29, 1.82) is 0 Å². The van der Waals surface area contributed by atoms with Gasteiger partial charge in [0.05, 0.1) is 11.4 Å². The third-order valence-corrected chi connectivity index (χ3v) is 5.33. The van der Waals surface area contributed by atoms with E-state index in [1.807, 2.05) is 103 Å². The molecule has 135 valence electrons. The molecule has 0 saturated heterocycles. The van der Waals surface area contributed by atoms with Gasteiger partial charge in [-0.15, -0.1) is 0 Å². The number of fused-ring (bicyclic) bond motifs is 1. The molecule has 5 rings (SSSR count). The summed E-state index contributed by atoms with van der Waals surface area (Å²) in [5, 5.41) is 15.1. The minimum Gasteiger partial charge on any atom is -0.306 e. The van der Waals surface area contributed by atoms with Crippen molar-refractivity contribution in [3.8, 4) is 0 Å². The number of hydrogen-bond acceptors (Lipinski definition) is 2. The molecule has 0 N–H and O–H groups in total. The fraction of sp³-hybridized carbons (Fsp3) is 0.0400. The number of hydrogen-bond donors (Lipinski definition) is 0. The first-order chi connectivity index (χ1) is 13.8. The maximum atomic E-state index is 14.0. The van der Waals surface area contributed by atoms with Crippen LogP contribution in [0, 0.1) is 0 Å². The molecule has 0 saturated carbocycles. The van der Waals surface area contributed by atoms with E-state index in [2.05, 4.69) is 17.0 Å². The molecule has 4 aromatic carbocycles. The summed E-state index contributed by atoms with van der Waals surface area (Å²) in [5.74, 6) is 0. The fourth-order valence-electron chi connectivity index (χ4n) is 4.17. The SMILES string of the molecule is [O]N1c2ccccc2N(c2ccccc2)C1(c1ccccc1)c1ccccc1. The summed E-state index contributed by atoms with van der Waals surface area (Å²) in [7, 11) is 0. The Balaban J connectivity index is 1.89. The van der Waals surface area contributed by atoms with Gasteiger partial charge < -0.3 is 4.90 Å². The van der Waals surface area contributed by atoms with Crippen LogP contribution in [-0.4, -0.2) is 0 Å². The van der Waals surface area contributed by atoms with E-state index in [1.54, 1.807) is 0 Å². The molecule has 1 aliphatic rings. The average molecular weight is 363 g/mol. The van der Waals surface area contributed by atoms with Gasteiger partial charge in [-0.3, -0.25) is 0 Å². The van der Waals surface area contributed by atoms with Crippen LogP contribution in [0.3, 0.4) is 0 Å². The largest absolute Gasteiger partial charge is 0.306 e. The summed E-state index contributed by atoms with van der Waals surface area (Å²) < 4.78 is 0. The minimum absolute atomic E-state index is 0.666. The maximum Gasteiger partial charge on any atom is 0.197 e. The van der Waals surface area contributed by atoms with Crippen molar-refractivity contribution in [1.82, 2.24) is 0 Å². The maximum absolute atomic E-state index is 14.0. The smallest absolute Gasteiger partial charge is 0.197 e. The van der Waals surface area contributed by atoms with E-state index in [-0.39, 0.29) is 0 Å². The van der Waals surface area contributed by atoms with E-state index < -0.39 is 5.66 Å². The summed E-state index contributed by atoms with van der Waals surface area (Å²) in [6.07, 6.45) is 0. The molecule has 1 aliphatic heterocycles. The molecule has 0 fully saturated rings. The highest BCUT2D eigenvalue weighted by molar-refractivity contribution is 5.87. The molecule has 28 heavy (non-hydrogen) atoms. The normalized spacial score (nSPS) is 14.8. The monoisotopic (exact) mass is 363 g/mol. The molecular formula is C25H19N2O. The molecule has 0 aliphatic carbocycles. The molecular weight excluding hydrogens is 344 g/mol. The average Bonchev–Trinajstić information content (AvgIpc) is 3.05. The summed E-state index contributed by atoms with van der Waals surface area (Å²) in [5.41, 5.74) is 3.37. The summed E-state index contributed by atoms with van der Waals surface area (Å²) >= 11 is 0. The minimum atomic E-state index is -1.02. The van der Waals surface area contributed by atoms with Gasteiger partial charge in [0.1, 0.15) is 0 Å². The highest BCUT2D eigenvalue weighted by Gasteiger charge is 2.53. The molecule has 0 bridgehead atoms. The van der Waals surface area contributed by atoms with E-state index in [4.69, 9.17) is 0 Å². The Labute approximate surface area is 164 Å². The van der Waals surface area contributed by atoms with Crippen molar-refractivity contribution in [2.24, 2.45) is 0 Å². The zero-order valence-electron chi connectivity index (χ0n) is 15.3. The lowest BCUT2D eigenvalue weighted by Crippen LogP contribution is -2.51. The molecule has 0 aromatic heterocycles. The second-order valence-electron chi connectivity index (χ2n) is 6.86. The molecule has 0 atom stereocenters. The van der Waals surface area contributed by atoms with Crippen LogP contribution in [0.4, 0.5) is 17.1 Å². The van der Waals surface area contributed by atoms with Crippen LogP contribution in [0.1, 0.15) is 11.1 Å². The van der Waals surface area contributed by atoms with Crippen molar-refractivity contribution in [3.63, 3.8) is 0 Å². The first-order valence-corrected chi connectivity index (χ1v) is 9.36. The van der Waals surface area contributed by atoms with Crippen LogP contribution < -0.4 is 9.96 Å². The Hall–Kier alpha value is -3.56. The first-order valence-electron chi connectivity index (χ1n) is 9.36. The van der Waals surface area contributed by atoms with Gasteiger partial charge in [-0.2, -0.15) is 5.06 Å². The third-order valence-electron chi connectivity index (χ3n) is 5.33. The van der Waals surface area contributed by atoms with E-state index >= 15 is 0 Å². The number of anilines is 3. The number of para-hydroxylation sites is 3.